The zero-order valence-electron chi connectivity index (χ0n) is 10.5. The van der Waals surface area contributed by atoms with Gasteiger partial charge in [-0.15, -0.1) is 0 Å². The average molecular weight is 225 g/mol. The minimum absolute atomic E-state index is 0.0483. The maximum absolute atomic E-state index is 11.3. The number of nitrogens with zero attached hydrogens (tertiary/aromatic N) is 1. The van der Waals surface area contributed by atoms with Gasteiger partial charge in [0, 0.05) is 6.42 Å². The molecule has 0 aliphatic rings. The molecule has 4 heteroatoms. The van der Waals surface area contributed by atoms with Gasteiger partial charge in [-0.1, -0.05) is 20.8 Å². The number of hydrogen-bond acceptors (Lipinski definition) is 3. The summed E-state index contributed by atoms with van der Waals surface area (Å²) in [4.78, 5) is 11.3. The second kappa shape index (κ2) is 7.24. The fourth-order valence-corrected chi connectivity index (χ4v) is 1.74. The lowest BCUT2D eigenvalue weighted by Crippen LogP contribution is -2.28. The van der Waals surface area contributed by atoms with Crippen molar-refractivity contribution in [2.24, 2.45) is 17.1 Å². The summed E-state index contributed by atoms with van der Waals surface area (Å²) in [5.74, 6) is 0.401. The summed E-state index contributed by atoms with van der Waals surface area (Å²) in [6, 6.07) is 1.89. The summed E-state index contributed by atoms with van der Waals surface area (Å²) in [5.41, 5.74) is 5.74. The molecule has 0 rings (SSSR count). The Hall–Kier alpha value is -1.08. The van der Waals surface area contributed by atoms with Crippen LogP contribution in [0.15, 0.2) is 0 Å². The Morgan fingerprint density at radius 1 is 1.44 bits per heavy atom. The average Bonchev–Trinajstić information content (AvgIpc) is 2.19. The quantitative estimate of drug-likeness (QED) is 0.671. The monoisotopic (exact) mass is 225 g/mol. The fraction of sp³-hybridized carbons (Fsp3) is 0.833. The molecule has 1 amide bonds. The molecule has 3 N–H and O–H groups in total. The van der Waals surface area contributed by atoms with E-state index in [1.54, 1.807) is 0 Å². The molecule has 92 valence electrons. The molecule has 16 heavy (non-hydrogen) atoms. The van der Waals surface area contributed by atoms with Gasteiger partial charge in [-0.05, 0) is 30.7 Å². The van der Waals surface area contributed by atoms with Crippen molar-refractivity contribution in [1.82, 2.24) is 5.32 Å². The minimum atomic E-state index is -0.0483. The highest BCUT2D eigenvalue weighted by Gasteiger charge is 2.24. The molecule has 4 nitrogen and oxygen atoms in total. The van der Waals surface area contributed by atoms with Crippen LogP contribution in [0.25, 0.3) is 0 Å². The van der Waals surface area contributed by atoms with Crippen molar-refractivity contribution in [1.29, 1.82) is 5.26 Å². The Morgan fingerprint density at radius 3 is 2.50 bits per heavy atom. The molecule has 0 fully saturated rings. The lowest BCUT2D eigenvalue weighted by molar-refractivity contribution is -0.121. The molecule has 0 bridgehead atoms. The molecule has 0 spiro atoms. The van der Waals surface area contributed by atoms with Gasteiger partial charge in [0.05, 0.1) is 6.07 Å². The van der Waals surface area contributed by atoms with Crippen molar-refractivity contribution in [3.05, 3.63) is 0 Å². The first-order valence-corrected chi connectivity index (χ1v) is 5.75. The van der Waals surface area contributed by atoms with Crippen LogP contribution in [-0.4, -0.2) is 19.0 Å². The molecule has 0 aromatic carbocycles. The van der Waals surface area contributed by atoms with Crippen molar-refractivity contribution >= 4 is 5.91 Å². The van der Waals surface area contributed by atoms with Crippen LogP contribution in [0.5, 0.6) is 0 Å². The van der Waals surface area contributed by atoms with E-state index in [0.717, 1.165) is 12.8 Å². The number of amides is 1. The summed E-state index contributed by atoms with van der Waals surface area (Å²) >= 11 is 0. The number of carbonyl (C=O) groups excluding carboxylic acids is 1. The molecule has 0 aromatic rings. The summed E-state index contributed by atoms with van der Waals surface area (Å²) in [6.45, 7) is 7.25. The Morgan fingerprint density at radius 2 is 2.06 bits per heavy atom. The van der Waals surface area contributed by atoms with Crippen LogP contribution in [0.3, 0.4) is 0 Å². The third-order valence-electron chi connectivity index (χ3n) is 2.82. The van der Waals surface area contributed by atoms with Gasteiger partial charge in [-0.25, -0.2) is 0 Å². The van der Waals surface area contributed by atoms with Crippen LogP contribution in [0.4, 0.5) is 0 Å². The molecular weight excluding hydrogens is 202 g/mol. The standard InChI is InChI=1S/C12H23N3O/c1-12(2,3)10(6-7-13)4-5-11(16)15-9-8-14/h10H,4-7,9,13H2,1-3H3,(H,15,16). The maximum Gasteiger partial charge on any atom is 0.220 e. The molecule has 1 atom stereocenters. The molecule has 0 saturated heterocycles. The van der Waals surface area contributed by atoms with E-state index in [0.29, 0.717) is 18.9 Å². The molecule has 0 heterocycles. The number of nitrogens with one attached hydrogen (secondary N) is 1. The number of nitriles is 1. The number of rotatable bonds is 6. The zero-order chi connectivity index (χ0) is 12.6. The summed E-state index contributed by atoms with van der Waals surface area (Å²) in [6.07, 6.45) is 2.25. The Balaban J connectivity index is 4.03. The van der Waals surface area contributed by atoms with E-state index < -0.39 is 0 Å². The maximum atomic E-state index is 11.3. The Bertz CT molecular complexity index is 250. The Labute approximate surface area is 98.2 Å². The van der Waals surface area contributed by atoms with Crippen molar-refractivity contribution in [3.8, 4) is 6.07 Å². The van der Waals surface area contributed by atoms with E-state index in [9.17, 15) is 4.79 Å². The topological polar surface area (TPSA) is 78.9 Å². The van der Waals surface area contributed by atoms with Crippen molar-refractivity contribution in [2.75, 3.05) is 13.1 Å². The van der Waals surface area contributed by atoms with Crippen LogP contribution in [0.1, 0.15) is 40.0 Å². The van der Waals surface area contributed by atoms with Gasteiger partial charge in [-0.3, -0.25) is 4.79 Å². The molecule has 1 unspecified atom stereocenters. The normalized spacial score (nSPS) is 12.9. The fourth-order valence-electron chi connectivity index (χ4n) is 1.74. The van der Waals surface area contributed by atoms with Crippen LogP contribution in [0.2, 0.25) is 0 Å². The lowest BCUT2D eigenvalue weighted by atomic mass is 9.76. The number of nitrogens with two attached hydrogens (primary N) is 1. The van der Waals surface area contributed by atoms with E-state index in [2.05, 4.69) is 26.1 Å². The Kier molecular flexibility index (Phi) is 6.75. The number of hydrogen-bond donors (Lipinski definition) is 2. The zero-order valence-corrected chi connectivity index (χ0v) is 10.5. The predicted molar refractivity (Wildman–Crippen MR) is 64.5 cm³/mol. The molecule has 0 radical (unpaired) electrons. The molecule has 0 aromatic heterocycles. The van der Waals surface area contributed by atoms with Gasteiger partial charge >= 0.3 is 0 Å². The van der Waals surface area contributed by atoms with Crippen LogP contribution in [-0.2, 0) is 4.79 Å². The van der Waals surface area contributed by atoms with E-state index in [4.69, 9.17) is 11.0 Å². The van der Waals surface area contributed by atoms with Crippen LogP contribution < -0.4 is 11.1 Å². The van der Waals surface area contributed by atoms with Gasteiger partial charge in [0.2, 0.25) is 5.91 Å². The summed E-state index contributed by atoms with van der Waals surface area (Å²) in [5, 5.41) is 10.9. The van der Waals surface area contributed by atoms with Gasteiger partial charge < -0.3 is 11.1 Å². The first kappa shape index (κ1) is 14.9. The van der Waals surface area contributed by atoms with Crippen molar-refractivity contribution in [2.45, 2.75) is 40.0 Å². The third-order valence-corrected chi connectivity index (χ3v) is 2.82. The smallest absolute Gasteiger partial charge is 0.220 e. The molecule has 0 aliphatic carbocycles. The first-order chi connectivity index (χ1) is 7.41. The van der Waals surface area contributed by atoms with Crippen LogP contribution in [0, 0.1) is 22.7 Å². The van der Waals surface area contributed by atoms with Gasteiger partial charge in [0.1, 0.15) is 6.54 Å². The second-order valence-corrected chi connectivity index (χ2v) is 5.11. The van der Waals surface area contributed by atoms with Gasteiger partial charge in [0.25, 0.3) is 0 Å². The summed E-state index contributed by atoms with van der Waals surface area (Å²) < 4.78 is 0. The highest BCUT2D eigenvalue weighted by atomic mass is 16.1. The van der Waals surface area contributed by atoms with E-state index in [1.807, 2.05) is 6.07 Å². The lowest BCUT2D eigenvalue weighted by Gasteiger charge is -2.30. The molecule has 0 aliphatic heterocycles. The number of carbonyl (C=O) groups is 1. The minimum Gasteiger partial charge on any atom is -0.343 e. The first-order valence-electron chi connectivity index (χ1n) is 5.75. The van der Waals surface area contributed by atoms with E-state index in [-0.39, 0.29) is 17.9 Å². The molecular formula is C12H23N3O. The van der Waals surface area contributed by atoms with E-state index in [1.165, 1.54) is 0 Å². The van der Waals surface area contributed by atoms with E-state index >= 15 is 0 Å². The highest BCUT2D eigenvalue weighted by molar-refractivity contribution is 5.76. The second-order valence-electron chi connectivity index (χ2n) is 5.11. The van der Waals surface area contributed by atoms with Crippen molar-refractivity contribution < 1.29 is 4.79 Å². The van der Waals surface area contributed by atoms with Gasteiger partial charge in [-0.2, -0.15) is 5.26 Å². The van der Waals surface area contributed by atoms with Crippen molar-refractivity contribution in [3.63, 3.8) is 0 Å². The molecule has 0 saturated carbocycles. The third kappa shape index (κ3) is 6.41. The van der Waals surface area contributed by atoms with Gasteiger partial charge in [0.15, 0.2) is 0 Å². The SMILES string of the molecule is CC(C)(C)C(CCN)CCC(=O)NCC#N. The predicted octanol–water partition coefficient (Wildman–Crippen LogP) is 1.42. The summed E-state index contributed by atoms with van der Waals surface area (Å²) in [7, 11) is 0. The largest absolute Gasteiger partial charge is 0.343 e. The van der Waals surface area contributed by atoms with Crippen LogP contribution >= 0.6 is 0 Å². The highest BCUT2D eigenvalue weighted by Crippen LogP contribution is 2.31.